The van der Waals surface area contributed by atoms with Crippen molar-refractivity contribution in [2.24, 2.45) is 0 Å². The first-order valence-corrected chi connectivity index (χ1v) is 13.1. The average molecular weight is 527 g/mol. The summed E-state index contributed by atoms with van der Waals surface area (Å²) in [4.78, 5) is 26.0. The largest absolute Gasteiger partial charge is 0.508 e. The molecule has 0 saturated heterocycles. The molecule has 1 aromatic heterocycles. The Labute approximate surface area is 220 Å². The minimum Gasteiger partial charge on any atom is -0.508 e. The molecule has 0 aliphatic carbocycles. The molecule has 204 valence electrons. The summed E-state index contributed by atoms with van der Waals surface area (Å²) in [7, 11) is 1.43. The smallest absolute Gasteiger partial charge is 0.347 e. The maximum absolute atomic E-state index is 13.0. The number of hydrogen-bond donors (Lipinski definition) is 3. The zero-order valence-electron chi connectivity index (χ0n) is 22.0. The van der Waals surface area contributed by atoms with Crippen LogP contribution in [0.4, 0.5) is 0 Å². The molecule has 9 nitrogen and oxygen atoms in total. The molecule has 4 rings (SSSR count). The lowest BCUT2D eigenvalue weighted by Crippen LogP contribution is -2.43. The van der Waals surface area contributed by atoms with E-state index >= 15 is 0 Å². The van der Waals surface area contributed by atoms with Gasteiger partial charge in [0, 0.05) is 44.1 Å². The summed E-state index contributed by atoms with van der Waals surface area (Å²) in [6.07, 6.45) is 6.43. The molecule has 38 heavy (non-hydrogen) atoms. The van der Waals surface area contributed by atoms with Gasteiger partial charge < -0.3 is 33.9 Å². The Morgan fingerprint density at radius 1 is 0.947 bits per heavy atom. The van der Waals surface area contributed by atoms with Gasteiger partial charge in [0.05, 0.1) is 0 Å². The molecule has 2 aromatic carbocycles. The van der Waals surface area contributed by atoms with Gasteiger partial charge in [0.15, 0.2) is 11.5 Å². The Bertz CT molecular complexity index is 1390. The van der Waals surface area contributed by atoms with Gasteiger partial charge in [-0.05, 0) is 30.4 Å². The Balaban J connectivity index is 1.80. The van der Waals surface area contributed by atoms with Crippen LogP contribution in [0, 0.1) is 0 Å². The summed E-state index contributed by atoms with van der Waals surface area (Å²) in [5, 5.41) is 32.2. The van der Waals surface area contributed by atoms with E-state index in [1.54, 1.807) is 6.07 Å². The van der Waals surface area contributed by atoms with E-state index in [1.807, 2.05) is 6.92 Å². The summed E-state index contributed by atoms with van der Waals surface area (Å²) >= 11 is 0. The Morgan fingerprint density at radius 3 is 2.39 bits per heavy atom. The normalized spacial score (nSPS) is 16.9. The van der Waals surface area contributed by atoms with Gasteiger partial charge in [-0.1, -0.05) is 39.5 Å². The summed E-state index contributed by atoms with van der Waals surface area (Å²) in [6.45, 7) is 4.13. The van der Waals surface area contributed by atoms with Crippen molar-refractivity contribution >= 4 is 16.7 Å². The molecular formula is C29H34O9. The number of aromatic hydroxyl groups is 3. The van der Waals surface area contributed by atoms with Crippen LogP contribution in [0.3, 0.4) is 0 Å². The molecule has 1 unspecified atom stereocenters. The molecule has 9 heteroatoms. The minimum atomic E-state index is -1.31. The first kappa shape index (κ1) is 27.3. The van der Waals surface area contributed by atoms with Gasteiger partial charge in [-0.3, -0.25) is 0 Å². The van der Waals surface area contributed by atoms with Crippen LogP contribution in [0.1, 0.15) is 80.5 Å². The lowest BCUT2D eigenvalue weighted by Gasteiger charge is -2.37. The topological polar surface area (TPSA) is 136 Å². The minimum absolute atomic E-state index is 0.00148. The summed E-state index contributed by atoms with van der Waals surface area (Å²) in [5.74, 6) is -2.92. The Hall–Kier alpha value is -3.72. The third-order valence-electron chi connectivity index (χ3n) is 6.90. The Morgan fingerprint density at radius 2 is 1.68 bits per heavy atom. The molecule has 0 fully saturated rings. The summed E-state index contributed by atoms with van der Waals surface area (Å²) in [6, 6.07) is 5.34. The van der Waals surface area contributed by atoms with Crippen LogP contribution in [0.15, 0.2) is 33.5 Å². The molecule has 1 atom stereocenters. The SMILES string of the molecule is CCCCCc1cc2cc(O)cc(Oc3c(O)cc(O)c4c3CC(CCCCC)(OC)OC4=O)c2c(=O)o1. The van der Waals surface area contributed by atoms with Gasteiger partial charge in [-0.15, -0.1) is 0 Å². The van der Waals surface area contributed by atoms with E-state index in [2.05, 4.69) is 6.92 Å². The van der Waals surface area contributed by atoms with E-state index in [9.17, 15) is 24.9 Å². The standard InChI is InChI=1S/C29H34O9/c1-4-6-8-10-19-13-17-12-18(30)14-23(24(17)27(33)36-19)37-26-20-16-29(35-3,11-9-7-5-2)38-28(34)25(20)21(31)15-22(26)32/h12-15,30-32H,4-11,16H2,1-3H3. The summed E-state index contributed by atoms with van der Waals surface area (Å²) in [5.41, 5.74) is -0.633. The van der Waals surface area contributed by atoms with Gasteiger partial charge in [0.1, 0.15) is 34.0 Å². The monoisotopic (exact) mass is 526 g/mol. The van der Waals surface area contributed by atoms with Crippen molar-refractivity contribution in [3.05, 3.63) is 51.6 Å². The molecule has 0 radical (unpaired) electrons. The second-order valence-corrected chi connectivity index (χ2v) is 9.70. The second-order valence-electron chi connectivity index (χ2n) is 9.70. The number of esters is 1. The van der Waals surface area contributed by atoms with Crippen molar-refractivity contribution in [1.82, 2.24) is 0 Å². The number of fused-ring (bicyclic) bond motifs is 2. The van der Waals surface area contributed by atoms with Crippen molar-refractivity contribution < 1.29 is 38.7 Å². The second kappa shape index (κ2) is 11.3. The molecule has 0 bridgehead atoms. The third-order valence-corrected chi connectivity index (χ3v) is 6.90. The van der Waals surface area contributed by atoms with E-state index < -0.39 is 28.9 Å². The van der Waals surface area contributed by atoms with E-state index in [1.165, 1.54) is 19.2 Å². The van der Waals surface area contributed by atoms with Crippen LogP contribution >= 0.6 is 0 Å². The third kappa shape index (κ3) is 5.43. The molecule has 2 heterocycles. The van der Waals surface area contributed by atoms with Gasteiger partial charge in [0.2, 0.25) is 5.79 Å². The fourth-order valence-corrected chi connectivity index (χ4v) is 4.92. The van der Waals surface area contributed by atoms with E-state index in [0.717, 1.165) is 44.6 Å². The number of ether oxygens (including phenoxy) is 3. The van der Waals surface area contributed by atoms with Crippen LogP contribution in [0.2, 0.25) is 0 Å². The summed E-state index contributed by atoms with van der Waals surface area (Å²) < 4.78 is 22.8. The lowest BCUT2D eigenvalue weighted by atomic mass is 9.91. The molecule has 3 N–H and O–H groups in total. The van der Waals surface area contributed by atoms with E-state index in [0.29, 0.717) is 24.0 Å². The first-order chi connectivity index (χ1) is 18.2. The molecule has 0 saturated carbocycles. The number of carbonyl (C=O) groups excluding carboxylic acids is 1. The number of aryl methyl sites for hydroxylation is 1. The molecular weight excluding hydrogens is 492 g/mol. The fourth-order valence-electron chi connectivity index (χ4n) is 4.92. The number of hydrogen-bond acceptors (Lipinski definition) is 9. The van der Waals surface area contributed by atoms with Crippen LogP contribution < -0.4 is 10.4 Å². The number of phenols is 3. The maximum atomic E-state index is 13.0. The van der Waals surface area contributed by atoms with Gasteiger partial charge in [0.25, 0.3) is 0 Å². The Kier molecular flexibility index (Phi) is 8.16. The van der Waals surface area contributed by atoms with E-state index in [4.69, 9.17) is 18.6 Å². The highest BCUT2D eigenvalue weighted by Crippen LogP contribution is 2.47. The molecule has 1 aliphatic rings. The number of cyclic esters (lactones) is 1. The van der Waals surface area contributed by atoms with Crippen molar-refractivity contribution in [2.45, 2.75) is 77.4 Å². The quantitative estimate of drug-likeness (QED) is 0.201. The highest BCUT2D eigenvalue weighted by molar-refractivity contribution is 5.97. The maximum Gasteiger partial charge on any atom is 0.347 e. The van der Waals surface area contributed by atoms with Crippen molar-refractivity contribution in [2.75, 3.05) is 7.11 Å². The van der Waals surface area contributed by atoms with Crippen molar-refractivity contribution in [3.8, 4) is 28.7 Å². The first-order valence-electron chi connectivity index (χ1n) is 13.1. The molecule has 0 spiro atoms. The molecule has 3 aromatic rings. The predicted molar refractivity (Wildman–Crippen MR) is 140 cm³/mol. The number of phenolic OH excluding ortho intramolecular Hbond substituents is 3. The number of carbonyl (C=O) groups is 1. The number of unbranched alkanes of at least 4 members (excludes halogenated alkanes) is 4. The zero-order valence-corrected chi connectivity index (χ0v) is 22.0. The predicted octanol–water partition coefficient (Wildman–Crippen LogP) is 6.07. The highest BCUT2D eigenvalue weighted by Gasteiger charge is 2.44. The number of benzene rings is 2. The van der Waals surface area contributed by atoms with E-state index in [-0.39, 0.29) is 40.2 Å². The lowest BCUT2D eigenvalue weighted by molar-refractivity contribution is -0.195. The fraction of sp³-hybridized carbons (Fsp3) is 0.448. The number of rotatable bonds is 11. The van der Waals surface area contributed by atoms with Gasteiger partial charge in [-0.2, -0.15) is 0 Å². The zero-order chi connectivity index (χ0) is 27.4. The van der Waals surface area contributed by atoms with Crippen LogP contribution in [-0.4, -0.2) is 34.2 Å². The van der Waals surface area contributed by atoms with Crippen LogP contribution in [0.5, 0.6) is 28.7 Å². The number of methoxy groups -OCH3 is 1. The van der Waals surface area contributed by atoms with Gasteiger partial charge >= 0.3 is 11.6 Å². The molecule has 1 aliphatic heterocycles. The van der Waals surface area contributed by atoms with Crippen LogP contribution in [0.25, 0.3) is 10.8 Å². The van der Waals surface area contributed by atoms with Crippen LogP contribution in [-0.2, 0) is 22.3 Å². The van der Waals surface area contributed by atoms with Crippen molar-refractivity contribution in [1.29, 1.82) is 0 Å². The average Bonchev–Trinajstić information content (AvgIpc) is 2.86. The molecule has 0 amide bonds. The van der Waals surface area contributed by atoms with Gasteiger partial charge in [-0.25, -0.2) is 9.59 Å². The van der Waals surface area contributed by atoms with Crippen molar-refractivity contribution in [3.63, 3.8) is 0 Å². The highest BCUT2D eigenvalue weighted by atomic mass is 16.7.